The molecule has 0 atom stereocenters. The zero-order valence-corrected chi connectivity index (χ0v) is 12.1. The molecule has 2 heterocycles. The number of anilines is 1. The van der Waals surface area contributed by atoms with Gasteiger partial charge in [0, 0.05) is 17.3 Å². The zero-order chi connectivity index (χ0) is 14.1. The maximum absolute atomic E-state index is 5.46. The van der Waals surface area contributed by atoms with Gasteiger partial charge < -0.3 is 9.83 Å². The first kappa shape index (κ1) is 13.0. The number of hydrazine groups is 1. The quantitative estimate of drug-likeness (QED) is 0.572. The van der Waals surface area contributed by atoms with Gasteiger partial charge >= 0.3 is 0 Å². The van der Waals surface area contributed by atoms with E-state index in [2.05, 4.69) is 47.4 Å². The van der Waals surface area contributed by atoms with Gasteiger partial charge in [0.2, 0.25) is 0 Å². The number of hydrogen-bond donors (Lipinski definition) is 2. The van der Waals surface area contributed by atoms with Crippen LogP contribution in [0.2, 0.25) is 0 Å². The Morgan fingerprint density at radius 2 is 2.10 bits per heavy atom. The Labute approximate surface area is 121 Å². The van der Waals surface area contributed by atoms with Crippen LogP contribution in [0.4, 0.5) is 5.82 Å². The molecule has 20 heavy (non-hydrogen) atoms. The molecule has 0 amide bonds. The average molecular weight is 285 g/mol. The van der Waals surface area contributed by atoms with Gasteiger partial charge in [0.05, 0.1) is 6.20 Å². The van der Waals surface area contributed by atoms with Crippen molar-refractivity contribution in [3.05, 3.63) is 47.9 Å². The number of rotatable bonds is 3. The fraction of sp³-hybridized carbons (Fsp3) is 0.143. The summed E-state index contributed by atoms with van der Waals surface area (Å²) in [6.07, 6.45) is 5.44. The lowest BCUT2D eigenvalue weighted by Crippen LogP contribution is -2.10. The Morgan fingerprint density at radius 3 is 2.85 bits per heavy atom. The molecule has 6 heteroatoms. The molecule has 3 aromatic rings. The number of nitrogens with one attached hydrogen (secondary N) is 1. The molecule has 0 saturated heterocycles. The molecular weight excluding hydrogens is 270 g/mol. The third-order valence-electron chi connectivity index (χ3n) is 3.18. The SMILES string of the molecule is Cc1ccc(Sc2nc(NN)cn3ccnc23)cc1C. The third-order valence-corrected chi connectivity index (χ3v) is 4.14. The predicted molar refractivity (Wildman–Crippen MR) is 80.8 cm³/mol. The van der Waals surface area contributed by atoms with Gasteiger partial charge in [-0.05, 0) is 37.1 Å². The van der Waals surface area contributed by atoms with E-state index in [0.717, 1.165) is 15.6 Å². The van der Waals surface area contributed by atoms with E-state index in [1.807, 2.05) is 16.8 Å². The number of aryl methyl sites for hydroxylation is 2. The fourth-order valence-electron chi connectivity index (χ4n) is 1.93. The van der Waals surface area contributed by atoms with Crippen molar-refractivity contribution in [1.29, 1.82) is 0 Å². The van der Waals surface area contributed by atoms with Crippen LogP contribution in [-0.4, -0.2) is 14.4 Å². The Balaban J connectivity index is 2.04. The van der Waals surface area contributed by atoms with Crippen molar-refractivity contribution >= 4 is 23.2 Å². The van der Waals surface area contributed by atoms with Gasteiger partial charge in [0.1, 0.15) is 5.03 Å². The molecule has 0 aliphatic carbocycles. The lowest BCUT2D eigenvalue weighted by molar-refractivity contribution is 1.02. The number of imidazole rings is 1. The van der Waals surface area contributed by atoms with Crippen molar-refractivity contribution in [2.24, 2.45) is 5.84 Å². The molecule has 0 fully saturated rings. The number of nitrogen functional groups attached to an aromatic ring is 1. The highest BCUT2D eigenvalue weighted by Crippen LogP contribution is 2.30. The molecule has 3 N–H and O–H groups in total. The highest BCUT2D eigenvalue weighted by molar-refractivity contribution is 7.99. The molecule has 2 aromatic heterocycles. The van der Waals surface area contributed by atoms with Crippen molar-refractivity contribution < 1.29 is 0 Å². The van der Waals surface area contributed by atoms with E-state index in [4.69, 9.17) is 5.84 Å². The highest BCUT2D eigenvalue weighted by Gasteiger charge is 2.09. The minimum Gasteiger partial charge on any atom is -0.307 e. The van der Waals surface area contributed by atoms with Gasteiger partial charge in [-0.1, -0.05) is 17.8 Å². The first-order valence-corrected chi connectivity index (χ1v) is 7.04. The smallest absolute Gasteiger partial charge is 0.170 e. The molecule has 0 aliphatic heterocycles. The van der Waals surface area contributed by atoms with E-state index in [0.29, 0.717) is 5.82 Å². The third kappa shape index (κ3) is 2.35. The predicted octanol–water partition coefficient (Wildman–Crippen LogP) is 2.78. The number of nitrogens with two attached hydrogens (primary N) is 1. The van der Waals surface area contributed by atoms with E-state index in [1.54, 1.807) is 18.0 Å². The van der Waals surface area contributed by atoms with E-state index in [-0.39, 0.29) is 0 Å². The number of benzene rings is 1. The summed E-state index contributed by atoms with van der Waals surface area (Å²) in [5.74, 6) is 6.07. The molecule has 102 valence electrons. The lowest BCUT2D eigenvalue weighted by Gasteiger charge is -2.08. The largest absolute Gasteiger partial charge is 0.307 e. The van der Waals surface area contributed by atoms with Crippen LogP contribution >= 0.6 is 11.8 Å². The molecular formula is C14H15N5S. The average Bonchev–Trinajstić information content (AvgIpc) is 2.91. The number of hydrogen-bond acceptors (Lipinski definition) is 5. The minimum atomic E-state index is 0.613. The maximum atomic E-state index is 5.46. The Morgan fingerprint density at radius 1 is 1.25 bits per heavy atom. The van der Waals surface area contributed by atoms with Gasteiger partial charge in [-0.2, -0.15) is 0 Å². The summed E-state index contributed by atoms with van der Waals surface area (Å²) < 4.78 is 1.91. The molecule has 0 unspecified atom stereocenters. The standard InChI is InChI=1S/C14H15N5S/c1-9-3-4-11(7-10(9)2)20-14-13-16-5-6-19(13)8-12(17-14)18-15/h3-8,18H,15H2,1-2H3. The zero-order valence-electron chi connectivity index (χ0n) is 11.3. The molecule has 3 rings (SSSR count). The second-order valence-corrected chi connectivity index (χ2v) is 5.64. The highest BCUT2D eigenvalue weighted by atomic mass is 32.2. The van der Waals surface area contributed by atoms with Crippen LogP contribution in [0.3, 0.4) is 0 Å². The van der Waals surface area contributed by atoms with Crippen molar-refractivity contribution in [2.45, 2.75) is 23.8 Å². The van der Waals surface area contributed by atoms with Gasteiger partial charge in [0.15, 0.2) is 11.5 Å². The monoisotopic (exact) mass is 285 g/mol. The summed E-state index contributed by atoms with van der Waals surface area (Å²) in [5.41, 5.74) is 5.96. The molecule has 0 radical (unpaired) electrons. The molecule has 0 saturated carbocycles. The summed E-state index contributed by atoms with van der Waals surface area (Å²) in [5, 5.41) is 0.828. The van der Waals surface area contributed by atoms with E-state index >= 15 is 0 Å². The lowest BCUT2D eigenvalue weighted by atomic mass is 10.1. The van der Waals surface area contributed by atoms with Crippen LogP contribution in [0, 0.1) is 13.8 Å². The fourth-order valence-corrected chi connectivity index (χ4v) is 2.92. The van der Waals surface area contributed by atoms with E-state index in [1.165, 1.54) is 11.1 Å². The minimum absolute atomic E-state index is 0.613. The van der Waals surface area contributed by atoms with Crippen molar-refractivity contribution in [3.8, 4) is 0 Å². The molecule has 1 aromatic carbocycles. The Bertz CT molecular complexity index is 765. The van der Waals surface area contributed by atoms with Crippen LogP contribution < -0.4 is 11.3 Å². The number of aromatic nitrogens is 3. The van der Waals surface area contributed by atoms with Gasteiger partial charge in [0.25, 0.3) is 0 Å². The second kappa shape index (κ2) is 5.15. The number of nitrogens with zero attached hydrogens (tertiary/aromatic N) is 3. The molecule has 0 spiro atoms. The molecule has 0 aliphatic rings. The van der Waals surface area contributed by atoms with Crippen molar-refractivity contribution in [3.63, 3.8) is 0 Å². The van der Waals surface area contributed by atoms with E-state index < -0.39 is 0 Å². The topological polar surface area (TPSA) is 68.2 Å². The van der Waals surface area contributed by atoms with Crippen molar-refractivity contribution in [2.75, 3.05) is 5.43 Å². The maximum Gasteiger partial charge on any atom is 0.170 e. The summed E-state index contributed by atoms with van der Waals surface area (Å²) in [6, 6.07) is 6.37. The van der Waals surface area contributed by atoms with Crippen LogP contribution in [0.25, 0.3) is 5.65 Å². The normalized spacial score (nSPS) is 10.9. The van der Waals surface area contributed by atoms with Crippen LogP contribution in [0.15, 0.2) is 46.7 Å². The van der Waals surface area contributed by atoms with Crippen molar-refractivity contribution in [1.82, 2.24) is 14.4 Å². The number of fused-ring (bicyclic) bond motifs is 1. The molecule has 0 bridgehead atoms. The Hall–Kier alpha value is -2.05. The van der Waals surface area contributed by atoms with Crippen LogP contribution in [-0.2, 0) is 0 Å². The summed E-state index contributed by atoms with van der Waals surface area (Å²) in [4.78, 5) is 9.96. The van der Waals surface area contributed by atoms with Gasteiger partial charge in [-0.3, -0.25) is 0 Å². The first-order valence-electron chi connectivity index (χ1n) is 6.23. The van der Waals surface area contributed by atoms with Gasteiger partial charge in [-0.25, -0.2) is 15.8 Å². The Kier molecular flexibility index (Phi) is 3.33. The summed E-state index contributed by atoms with van der Waals surface area (Å²) in [7, 11) is 0. The summed E-state index contributed by atoms with van der Waals surface area (Å²) in [6.45, 7) is 4.21. The molecule has 5 nitrogen and oxygen atoms in total. The summed E-state index contributed by atoms with van der Waals surface area (Å²) >= 11 is 1.58. The van der Waals surface area contributed by atoms with E-state index in [9.17, 15) is 0 Å². The van der Waals surface area contributed by atoms with Gasteiger partial charge in [-0.15, -0.1) is 0 Å². The second-order valence-electron chi connectivity index (χ2n) is 4.58. The van der Waals surface area contributed by atoms with Crippen LogP contribution in [0.1, 0.15) is 11.1 Å². The first-order chi connectivity index (χ1) is 9.67. The van der Waals surface area contributed by atoms with Crippen LogP contribution in [0.5, 0.6) is 0 Å².